The van der Waals surface area contributed by atoms with E-state index in [9.17, 15) is 14.4 Å². The van der Waals surface area contributed by atoms with Gasteiger partial charge < -0.3 is 15.7 Å². The molecule has 0 saturated carbocycles. The highest BCUT2D eigenvalue weighted by molar-refractivity contribution is 5.83. The number of hydrogen-bond donors (Lipinski definition) is 3. The van der Waals surface area contributed by atoms with Crippen LogP contribution in [0, 0.1) is 5.92 Å². The summed E-state index contributed by atoms with van der Waals surface area (Å²) < 4.78 is 0. The van der Waals surface area contributed by atoms with Gasteiger partial charge in [0.15, 0.2) is 0 Å². The maximum Gasteiger partial charge on any atom is 0.322 e. The predicted molar refractivity (Wildman–Crippen MR) is 82.3 cm³/mol. The van der Waals surface area contributed by atoms with E-state index in [2.05, 4.69) is 17.6 Å². The van der Waals surface area contributed by atoms with Crippen molar-refractivity contribution in [1.29, 1.82) is 0 Å². The van der Waals surface area contributed by atoms with Gasteiger partial charge in [-0.3, -0.25) is 19.3 Å². The number of nitrogens with one attached hydrogen (secondary N) is 2. The normalized spacial score (nSPS) is 20.2. The second kappa shape index (κ2) is 9.40. The van der Waals surface area contributed by atoms with E-state index in [1.807, 2.05) is 11.8 Å². The lowest BCUT2D eigenvalue weighted by Gasteiger charge is -2.32. The van der Waals surface area contributed by atoms with Crippen LogP contribution in [0.4, 0.5) is 0 Å². The van der Waals surface area contributed by atoms with Gasteiger partial charge in [-0.2, -0.15) is 0 Å². The second-order valence-electron chi connectivity index (χ2n) is 5.94. The zero-order valence-corrected chi connectivity index (χ0v) is 13.4. The Kier molecular flexibility index (Phi) is 7.87. The summed E-state index contributed by atoms with van der Waals surface area (Å²) in [4.78, 5) is 36.2. The molecule has 0 aliphatic carbocycles. The number of nitrogens with zero attached hydrogens (tertiary/aromatic N) is 1. The average Bonchev–Trinajstić information content (AvgIpc) is 2.45. The molecule has 0 bridgehead atoms. The summed E-state index contributed by atoms with van der Waals surface area (Å²) in [5.74, 6) is -1.42. The lowest BCUT2D eigenvalue weighted by Crippen LogP contribution is -2.48. The molecule has 0 aromatic carbocycles. The molecular formula is C15H27N3O4. The molecule has 1 aliphatic heterocycles. The van der Waals surface area contributed by atoms with Crippen molar-refractivity contribution in [2.75, 3.05) is 26.2 Å². The third-order valence-electron chi connectivity index (χ3n) is 3.79. The maximum atomic E-state index is 12.2. The molecule has 7 heteroatoms. The molecule has 1 saturated heterocycles. The summed E-state index contributed by atoms with van der Waals surface area (Å²) in [6, 6.07) is 0.173. The zero-order chi connectivity index (χ0) is 16.5. The first-order chi connectivity index (χ1) is 10.4. The van der Waals surface area contributed by atoms with Crippen molar-refractivity contribution in [2.24, 2.45) is 5.92 Å². The van der Waals surface area contributed by atoms with E-state index in [1.54, 1.807) is 0 Å². The average molecular weight is 313 g/mol. The topological polar surface area (TPSA) is 98.7 Å². The van der Waals surface area contributed by atoms with Gasteiger partial charge in [0.05, 0.1) is 12.5 Å². The van der Waals surface area contributed by atoms with Crippen molar-refractivity contribution in [3.8, 4) is 0 Å². The van der Waals surface area contributed by atoms with Gasteiger partial charge in [-0.05, 0) is 32.7 Å². The monoisotopic (exact) mass is 313 g/mol. The minimum Gasteiger partial charge on any atom is -0.480 e. The molecule has 1 aliphatic rings. The number of carbonyl (C=O) groups excluding carboxylic acids is 2. The van der Waals surface area contributed by atoms with E-state index in [1.165, 1.54) is 0 Å². The number of aliphatic carboxylic acids is 1. The van der Waals surface area contributed by atoms with Crippen LogP contribution >= 0.6 is 0 Å². The Labute approximate surface area is 131 Å². The van der Waals surface area contributed by atoms with Gasteiger partial charge in [-0.1, -0.05) is 13.3 Å². The van der Waals surface area contributed by atoms with E-state index in [0.717, 1.165) is 32.2 Å². The fraction of sp³-hybridized carbons (Fsp3) is 0.800. The molecule has 2 unspecified atom stereocenters. The van der Waals surface area contributed by atoms with Crippen molar-refractivity contribution < 1.29 is 19.5 Å². The van der Waals surface area contributed by atoms with E-state index in [0.29, 0.717) is 6.54 Å². The zero-order valence-electron chi connectivity index (χ0n) is 13.4. The second-order valence-corrected chi connectivity index (χ2v) is 5.94. The highest BCUT2D eigenvalue weighted by atomic mass is 16.4. The molecule has 2 amide bonds. The molecule has 2 atom stereocenters. The highest BCUT2D eigenvalue weighted by Crippen LogP contribution is 2.16. The fourth-order valence-corrected chi connectivity index (χ4v) is 2.71. The van der Waals surface area contributed by atoms with Crippen molar-refractivity contribution >= 4 is 17.8 Å². The van der Waals surface area contributed by atoms with Gasteiger partial charge in [-0.25, -0.2) is 0 Å². The molecule has 0 radical (unpaired) electrons. The van der Waals surface area contributed by atoms with Crippen LogP contribution in [0.2, 0.25) is 0 Å². The SMILES string of the molecule is CCCC(C)NC(=O)C1CCCN(CC(=O)NCC(=O)O)C1. The van der Waals surface area contributed by atoms with Gasteiger partial charge in [0.1, 0.15) is 6.54 Å². The van der Waals surface area contributed by atoms with Crippen molar-refractivity contribution in [3.63, 3.8) is 0 Å². The molecule has 0 aromatic heterocycles. The summed E-state index contributed by atoms with van der Waals surface area (Å²) in [5.41, 5.74) is 0. The first-order valence-corrected chi connectivity index (χ1v) is 7.93. The van der Waals surface area contributed by atoms with Gasteiger partial charge in [0.25, 0.3) is 0 Å². The smallest absolute Gasteiger partial charge is 0.322 e. The number of piperidine rings is 1. The number of carbonyl (C=O) groups is 3. The lowest BCUT2D eigenvalue weighted by molar-refractivity contribution is -0.138. The van der Waals surface area contributed by atoms with Gasteiger partial charge in [0.2, 0.25) is 11.8 Å². The molecule has 1 rings (SSSR count). The number of likely N-dealkylation sites (tertiary alicyclic amines) is 1. The summed E-state index contributed by atoms with van der Waals surface area (Å²) in [6.45, 7) is 5.16. The first kappa shape index (κ1) is 18.4. The van der Waals surface area contributed by atoms with Crippen LogP contribution in [-0.4, -0.2) is 60.0 Å². The summed E-state index contributed by atoms with van der Waals surface area (Å²) in [6.07, 6.45) is 3.69. The van der Waals surface area contributed by atoms with Gasteiger partial charge in [0, 0.05) is 12.6 Å². The van der Waals surface area contributed by atoms with Gasteiger partial charge in [-0.15, -0.1) is 0 Å². The molecule has 1 fully saturated rings. The van der Waals surface area contributed by atoms with Crippen molar-refractivity contribution in [1.82, 2.24) is 15.5 Å². The quantitative estimate of drug-likeness (QED) is 0.595. The van der Waals surface area contributed by atoms with Crippen LogP contribution in [0.25, 0.3) is 0 Å². The predicted octanol–water partition coefficient (Wildman–Crippen LogP) is 0.204. The minimum absolute atomic E-state index is 0.0524. The number of carboxylic acids is 1. The molecule has 3 N–H and O–H groups in total. The molecule has 22 heavy (non-hydrogen) atoms. The Morgan fingerprint density at radius 1 is 1.36 bits per heavy atom. The maximum absolute atomic E-state index is 12.2. The largest absolute Gasteiger partial charge is 0.480 e. The van der Waals surface area contributed by atoms with E-state index < -0.39 is 5.97 Å². The van der Waals surface area contributed by atoms with Crippen molar-refractivity contribution in [2.45, 2.75) is 45.6 Å². The Balaban J connectivity index is 2.38. The number of carboxylic acid groups (broad SMARTS) is 1. The summed E-state index contributed by atoms with van der Waals surface area (Å²) in [5, 5.41) is 13.9. The molecular weight excluding hydrogens is 286 g/mol. The van der Waals surface area contributed by atoms with Crippen LogP contribution in [0.5, 0.6) is 0 Å². The number of rotatable bonds is 8. The Bertz CT molecular complexity index is 400. The third-order valence-corrected chi connectivity index (χ3v) is 3.79. The van der Waals surface area contributed by atoms with Crippen molar-refractivity contribution in [3.05, 3.63) is 0 Å². The molecule has 0 spiro atoms. The Hall–Kier alpha value is -1.63. The third kappa shape index (κ3) is 6.89. The van der Waals surface area contributed by atoms with Crippen LogP contribution in [0.15, 0.2) is 0 Å². The minimum atomic E-state index is -1.06. The van der Waals surface area contributed by atoms with E-state index in [-0.39, 0.29) is 36.9 Å². The standard InChI is InChI=1S/C15H27N3O4/c1-3-5-11(2)17-15(22)12-6-4-7-18(9-12)10-13(19)16-8-14(20)21/h11-12H,3-10H2,1-2H3,(H,16,19)(H,17,22)(H,20,21). The Morgan fingerprint density at radius 3 is 2.73 bits per heavy atom. The summed E-state index contributed by atoms with van der Waals surface area (Å²) in [7, 11) is 0. The van der Waals surface area contributed by atoms with Crippen LogP contribution in [0.1, 0.15) is 39.5 Å². The van der Waals surface area contributed by atoms with Crippen LogP contribution in [0.3, 0.4) is 0 Å². The molecule has 0 aromatic rings. The molecule has 7 nitrogen and oxygen atoms in total. The van der Waals surface area contributed by atoms with Gasteiger partial charge >= 0.3 is 5.97 Å². The molecule has 1 heterocycles. The Morgan fingerprint density at radius 2 is 2.09 bits per heavy atom. The fourth-order valence-electron chi connectivity index (χ4n) is 2.71. The molecule has 126 valence electrons. The highest BCUT2D eigenvalue weighted by Gasteiger charge is 2.27. The number of hydrogen-bond acceptors (Lipinski definition) is 4. The van der Waals surface area contributed by atoms with E-state index in [4.69, 9.17) is 5.11 Å². The van der Waals surface area contributed by atoms with Crippen LogP contribution in [-0.2, 0) is 14.4 Å². The van der Waals surface area contributed by atoms with Crippen LogP contribution < -0.4 is 10.6 Å². The number of amides is 2. The summed E-state index contributed by atoms with van der Waals surface area (Å²) >= 11 is 0. The first-order valence-electron chi connectivity index (χ1n) is 7.93. The van der Waals surface area contributed by atoms with E-state index >= 15 is 0 Å². The lowest BCUT2D eigenvalue weighted by atomic mass is 9.96.